The number of nitrogens with two attached hydrogens (primary N) is 1. The quantitative estimate of drug-likeness (QED) is 0.896. The molecular formula is C17H29N3. The number of hydrogen-bond acceptors (Lipinski definition) is 3. The zero-order valence-electron chi connectivity index (χ0n) is 13.1. The second-order valence-corrected chi connectivity index (χ2v) is 6.17. The fourth-order valence-electron chi connectivity index (χ4n) is 3.34. The molecule has 20 heavy (non-hydrogen) atoms. The molecule has 3 unspecified atom stereocenters. The predicted octanol–water partition coefficient (Wildman–Crippen LogP) is 2.49. The van der Waals surface area contributed by atoms with E-state index in [1.807, 2.05) is 0 Å². The van der Waals surface area contributed by atoms with E-state index in [0.29, 0.717) is 12.1 Å². The zero-order chi connectivity index (χ0) is 14.5. The van der Waals surface area contributed by atoms with Gasteiger partial charge in [-0.2, -0.15) is 0 Å². The number of likely N-dealkylation sites (N-methyl/N-ethyl adjacent to an activating group) is 1. The van der Waals surface area contributed by atoms with Crippen molar-refractivity contribution in [2.45, 2.75) is 44.3 Å². The van der Waals surface area contributed by atoms with Crippen LogP contribution in [0.4, 0.5) is 0 Å². The molecule has 3 atom stereocenters. The lowest BCUT2D eigenvalue weighted by Crippen LogP contribution is -2.51. The van der Waals surface area contributed by atoms with Crippen LogP contribution < -0.4 is 5.73 Å². The van der Waals surface area contributed by atoms with Gasteiger partial charge in [0.1, 0.15) is 0 Å². The summed E-state index contributed by atoms with van der Waals surface area (Å²) in [5, 5.41) is 0. The fourth-order valence-corrected chi connectivity index (χ4v) is 3.34. The van der Waals surface area contributed by atoms with Gasteiger partial charge >= 0.3 is 0 Å². The third-order valence-corrected chi connectivity index (χ3v) is 4.64. The molecule has 1 saturated heterocycles. The van der Waals surface area contributed by atoms with Crippen LogP contribution in [0.1, 0.15) is 37.8 Å². The van der Waals surface area contributed by atoms with Crippen molar-refractivity contribution in [3.8, 4) is 0 Å². The molecule has 1 fully saturated rings. The summed E-state index contributed by atoms with van der Waals surface area (Å²) in [6, 6.07) is 11.8. The van der Waals surface area contributed by atoms with E-state index in [1.54, 1.807) is 0 Å². The van der Waals surface area contributed by atoms with E-state index in [4.69, 9.17) is 5.73 Å². The Morgan fingerprint density at radius 2 is 2.00 bits per heavy atom. The molecule has 1 aromatic carbocycles. The van der Waals surface area contributed by atoms with Crippen molar-refractivity contribution in [1.29, 1.82) is 0 Å². The first-order chi connectivity index (χ1) is 9.63. The Hall–Kier alpha value is -0.900. The molecule has 0 saturated carbocycles. The molecule has 0 bridgehead atoms. The first-order valence-corrected chi connectivity index (χ1v) is 7.84. The van der Waals surface area contributed by atoms with Gasteiger partial charge in [0.15, 0.2) is 0 Å². The summed E-state index contributed by atoms with van der Waals surface area (Å²) >= 11 is 0. The van der Waals surface area contributed by atoms with Gasteiger partial charge in [0.05, 0.1) is 0 Å². The second-order valence-electron chi connectivity index (χ2n) is 6.17. The highest BCUT2D eigenvalue weighted by atomic mass is 15.2. The van der Waals surface area contributed by atoms with E-state index >= 15 is 0 Å². The highest BCUT2D eigenvalue weighted by molar-refractivity contribution is 5.20. The first kappa shape index (κ1) is 15.5. The Labute approximate surface area is 123 Å². The number of rotatable bonds is 5. The number of nitrogens with zero attached hydrogens (tertiary/aromatic N) is 2. The van der Waals surface area contributed by atoms with Crippen molar-refractivity contribution in [2.75, 3.05) is 27.2 Å². The number of benzene rings is 1. The lowest BCUT2D eigenvalue weighted by Gasteiger charge is -2.42. The van der Waals surface area contributed by atoms with E-state index in [0.717, 1.165) is 13.0 Å². The van der Waals surface area contributed by atoms with Crippen molar-refractivity contribution >= 4 is 0 Å². The standard InChI is InChI=1S/C17H29N3/c1-4-16(17(18)14-9-6-5-7-10-14)20-12-8-11-15(13-20)19(2)3/h5-7,9-10,15-17H,4,8,11-13,18H2,1-3H3. The highest BCUT2D eigenvalue weighted by Crippen LogP contribution is 2.25. The van der Waals surface area contributed by atoms with Crippen LogP contribution in [0.15, 0.2) is 30.3 Å². The summed E-state index contributed by atoms with van der Waals surface area (Å²) < 4.78 is 0. The molecule has 0 amide bonds. The lowest BCUT2D eigenvalue weighted by molar-refractivity contribution is 0.0821. The van der Waals surface area contributed by atoms with Gasteiger partial charge in [-0.05, 0) is 45.5 Å². The normalized spacial score (nSPS) is 23.8. The van der Waals surface area contributed by atoms with Crippen LogP contribution >= 0.6 is 0 Å². The molecule has 3 nitrogen and oxygen atoms in total. The average molecular weight is 275 g/mol. The van der Waals surface area contributed by atoms with E-state index in [1.165, 1.54) is 24.9 Å². The lowest BCUT2D eigenvalue weighted by atomic mass is 9.94. The maximum atomic E-state index is 6.55. The summed E-state index contributed by atoms with van der Waals surface area (Å²) in [6.07, 6.45) is 3.69. The van der Waals surface area contributed by atoms with Gasteiger partial charge < -0.3 is 10.6 Å². The van der Waals surface area contributed by atoms with Gasteiger partial charge in [0.25, 0.3) is 0 Å². The van der Waals surface area contributed by atoms with Crippen LogP contribution in [-0.2, 0) is 0 Å². The second kappa shape index (κ2) is 7.21. The van der Waals surface area contributed by atoms with Gasteiger partial charge in [0, 0.05) is 24.7 Å². The van der Waals surface area contributed by atoms with Crippen LogP contribution in [0.3, 0.4) is 0 Å². The molecule has 0 radical (unpaired) electrons. The highest BCUT2D eigenvalue weighted by Gasteiger charge is 2.29. The minimum atomic E-state index is 0.113. The molecule has 0 aromatic heterocycles. The van der Waals surface area contributed by atoms with Crippen LogP contribution in [0.25, 0.3) is 0 Å². The molecule has 1 aliphatic heterocycles. The van der Waals surface area contributed by atoms with Gasteiger partial charge in [-0.3, -0.25) is 4.90 Å². The van der Waals surface area contributed by atoms with Crippen molar-refractivity contribution in [1.82, 2.24) is 9.80 Å². The maximum absolute atomic E-state index is 6.55. The van der Waals surface area contributed by atoms with E-state index in [-0.39, 0.29) is 6.04 Å². The Morgan fingerprint density at radius 1 is 1.30 bits per heavy atom. The fraction of sp³-hybridized carbons (Fsp3) is 0.647. The van der Waals surface area contributed by atoms with Crippen LogP contribution in [0.2, 0.25) is 0 Å². The Balaban J connectivity index is 2.07. The summed E-state index contributed by atoms with van der Waals surface area (Å²) in [7, 11) is 4.37. The molecule has 3 heteroatoms. The SMILES string of the molecule is CCC(C(N)c1ccccc1)N1CCCC(N(C)C)C1. The van der Waals surface area contributed by atoms with Crippen molar-refractivity contribution in [2.24, 2.45) is 5.73 Å². The monoisotopic (exact) mass is 275 g/mol. The van der Waals surface area contributed by atoms with E-state index < -0.39 is 0 Å². The smallest absolute Gasteiger partial charge is 0.0453 e. The molecule has 2 rings (SSSR count). The molecule has 112 valence electrons. The summed E-state index contributed by atoms with van der Waals surface area (Å²) in [6.45, 7) is 4.59. The topological polar surface area (TPSA) is 32.5 Å². The van der Waals surface area contributed by atoms with Crippen molar-refractivity contribution in [3.05, 3.63) is 35.9 Å². The first-order valence-electron chi connectivity index (χ1n) is 7.84. The molecule has 2 N–H and O–H groups in total. The summed E-state index contributed by atoms with van der Waals surface area (Å²) in [5.41, 5.74) is 7.80. The Morgan fingerprint density at radius 3 is 2.60 bits per heavy atom. The third-order valence-electron chi connectivity index (χ3n) is 4.64. The van der Waals surface area contributed by atoms with E-state index in [9.17, 15) is 0 Å². The van der Waals surface area contributed by atoms with Gasteiger partial charge in [-0.1, -0.05) is 37.3 Å². The summed E-state index contributed by atoms with van der Waals surface area (Å²) in [5.74, 6) is 0. The molecular weight excluding hydrogens is 246 g/mol. The Bertz CT molecular complexity index is 390. The third kappa shape index (κ3) is 3.60. The number of likely N-dealkylation sites (tertiary alicyclic amines) is 1. The van der Waals surface area contributed by atoms with Crippen molar-refractivity contribution < 1.29 is 0 Å². The number of hydrogen-bond donors (Lipinski definition) is 1. The molecule has 1 aliphatic rings. The zero-order valence-corrected chi connectivity index (χ0v) is 13.1. The van der Waals surface area contributed by atoms with Gasteiger partial charge in [0.2, 0.25) is 0 Å². The van der Waals surface area contributed by atoms with Gasteiger partial charge in [-0.25, -0.2) is 0 Å². The van der Waals surface area contributed by atoms with Crippen LogP contribution in [0.5, 0.6) is 0 Å². The van der Waals surface area contributed by atoms with Gasteiger partial charge in [-0.15, -0.1) is 0 Å². The molecule has 0 aliphatic carbocycles. The number of piperidine rings is 1. The summed E-state index contributed by atoms with van der Waals surface area (Å²) in [4.78, 5) is 4.96. The molecule has 1 heterocycles. The maximum Gasteiger partial charge on any atom is 0.0453 e. The van der Waals surface area contributed by atoms with Crippen molar-refractivity contribution in [3.63, 3.8) is 0 Å². The minimum absolute atomic E-state index is 0.113. The average Bonchev–Trinajstić information content (AvgIpc) is 2.49. The van der Waals surface area contributed by atoms with Crippen LogP contribution in [-0.4, -0.2) is 49.1 Å². The van der Waals surface area contributed by atoms with Crippen LogP contribution in [0, 0.1) is 0 Å². The van der Waals surface area contributed by atoms with E-state index in [2.05, 4.69) is 61.2 Å². The predicted molar refractivity (Wildman–Crippen MR) is 85.7 cm³/mol. The Kier molecular flexibility index (Phi) is 5.58. The minimum Gasteiger partial charge on any atom is -0.323 e. The largest absolute Gasteiger partial charge is 0.323 e. The molecule has 0 spiro atoms. The molecule has 1 aromatic rings.